The highest BCUT2D eigenvalue weighted by Crippen LogP contribution is 2.43. The van der Waals surface area contributed by atoms with E-state index in [0.717, 1.165) is 38.5 Å². The Kier molecular flexibility index (Phi) is 51.2. The molecule has 0 saturated carbocycles. The van der Waals surface area contributed by atoms with Crippen LogP contribution in [0.1, 0.15) is 296 Å². The summed E-state index contributed by atoms with van der Waals surface area (Å²) in [6.45, 7) is 4.40. The molecule has 0 aliphatic heterocycles. The van der Waals surface area contributed by atoms with Crippen LogP contribution < -0.4 is 0 Å². The van der Waals surface area contributed by atoms with E-state index in [1.807, 2.05) is 21.1 Å². The van der Waals surface area contributed by atoms with Gasteiger partial charge in [0.1, 0.15) is 19.8 Å². The number of hydrogen-bond donors (Lipinski definition) is 1. The number of rotatable bonds is 56. The van der Waals surface area contributed by atoms with Crippen LogP contribution in [0.15, 0.2) is 24.3 Å². The number of ether oxygens (including phenoxy) is 2. The third-order valence-corrected chi connectivity index (χ3v) is 14.5. The van der Waals surface area contributed by atoms with E-state index in [9.17, 15) is 19.0 Å². The SMILES string of the molecule is CCCCCCC/C=C\C/C=C\CCCCCCCCCCCCCCCCCCCCCCCCCCCCCC(=O)OC(COC(=O)CCCCCCCCC)COP(=O)(O)OCC[N+](C)(C)C. The van der Waals surface area contributed by atoms with Crippen molar-refractivity contribution >= 4 is 19.8 Å². The zero-order valence-corrected chi connectivity index (χ0v) is 47.9. The Bertz CT molecular complexity index is 1240. The van der Waals surface area contributed by atoms with Crippen molar-refractivity contribution in [3.8, 4) is 0 Å². The monoisotopic (exact) mass is 1010 g/mol. The van der Waals surface area contributed by atoms with Gasteiger partial charge in [0.15, 0.2) is 6.10 Å². The second kappa shape index (κ2) is 52.4. The van der Waals surface area contributed by atoms with Crippen molar-refractivity contribution in [2.45, 2.75) is 302 Å². The molecule has 1 N–H and O–H groups in total. The van der Waals surface area contributed by atoms with Gasteiger partial charge in [0.2, 0.25) is 0 Å². The lowest BCUT2D eigenvalue weighted by molar-refractivity contribution is -0.870. The minimum absolute atomic E-state index is 0.0354. The molecule has 0 radical (unpaired) electrons. The van der Waals surface area contributed by atoms with Crippen LogP contribution >= 0.6 is 7.82 Å². The average Bonchev–Trinajstić information content (AvgIpc) is 3.32. The second-order valence-electron chi connectivity index (χ2n) is 21.7. The summed E-state index contributed by atoms with van der Waals surface area (Å²) in [7, 11) is 1.49. The van der Waals surface area contributed by atoms with Crippen molar-refractivity contribution in [3.05, 3.63) is 24.3 Å². The summed E-state index contributed by atoms with van der Waals surface area (Å²) in [6, 6.07) is 0. The van der Waals surface area contributed by atoms with Gasteiger partial charge in [-0.05, 0) is 44.9 Å². The van der Waals surface area contributed by atoms with Crippen LogP contribution in [0.25, 0.3) is 0 Å². The Morgan fingerprint density at radius 1 is 0.443 bits per heavy atom. The first-order chi connectivity index (χ1) is 34.0. The molecule has 70 heavy (non-hydrogen) atoms. The Balaban J connectivity index is 3.75. The smallest absolute Gasteiger partial charge is 0.462 e. The van der Waals surface area contributed by atoms with Gasteiger partial charge in [-0.2, -0.15) is 0 Å². The normalized spacial score (nSPS) is 13.4. The Morgan fingerprint density at radius 2 is 0.771 bits per heavy atom. The van der Waals surface area contributed by atoms with Gasteiger partial charge in [-0.3, -0.25) is 18.6 Å². The van der Waals surface area contributed by atoms with Crippen LogP contribution in [-0.4, -0.2) is 74.9 Å². The maximum Gasteiger partial charge on any atom is 0.472 e. The van der Waals surface area contributed by atoms with E-state index in [0.29, 0.717) is 23.9 Å². The molecule has 0 fully saturated rings. The van der Waals surface area contributed by atoms with Crippen LogP contribution in [-0.2, 0) is 32.7 Å². The van der Waals surface area contributed by atoms with Crippen LogP contribution in [0.4, 0.5) is 0 Å². The summed E-state index contributed by atoms with van der Waals surface area (Å²) in [4.78, 5) is 35.3. The van der Waals surface area contributed by atoms with Gasteiger partial charge in [-0.15, -0.1) is 0 Å². The van der Waals surface area contributed by atoms with E-state index in [1.54, 1.807) is 0 Å². The number of likely N-dealkylation sites (N-methyl/N-ethyl adjacent to an activating group) is 1. The molecule has 0 aromatic rings. The summed E-state index contributed by atoms with van der Waals surface area (Å²) in [6.07, 6.45) is 63.2. The molecule has 0 amide bonds. The lowest BCUT2D eigenvalue weighted by Gasteiger charge is -2.24. The molecule has 0 saturated heterocycles. The summed E-state index contributed by atoms with van der Waals surface area (Å²) in [5, 5.41) is 0. The van der Waals surface area contributed by atoms with Gasteiger partial charge in [0, 0.05) is 12.8 Å². The standard InChI is InChI=1S/C60H116NO8P/c1-6-8-10-12-14-15-16-17-18-19-20-21-22-23-24-25-26-27-28-29-30-31-32-33-34-35-36-37-38-39-40-41-42-43-44-45-47-49-51-53-60(63)69-58(57-68-70(64,65)67-55-54-61(3,4)5)56-66-59(62)52-50-48-46-13-11-9-7-2/h16-17,19-20,58H,6-15,18,21-57H2,1-5H3/p+1/b17-16-,20-19-. The van der Waals surface area contributed by atoms with Gasteiger partial charge in [-0.25, -0.2) is 4.57 Å². The lowest BCUT2D eigenvalue weighted by Crippen LogP contribution is -2.37. The predicted octanol–water partition coefficient (Wildman–Crippen LogP) is 18.6. The van der Waals surface area contributed by atoms with Crippen molar-refractivity contribution in [1.82, 2.24) is 0 Å². The number of carbonyl (C=O) groups excluding carboxylic acids is 2. The zero-order valence-electron chi connectivity index (χ0n) is 47.0. The van der Waals surface area contributed by atoms with E-state index < -0.39 is 26.5 Å². The molecule has 10 heteroatoms. The predicted molar refractivity (Wildman–Crippen MR) is 298 cm³/mol. The number of carbonyl (C=O) groups is 2. The number of phosphoric ester groups is 1. The van der Waals surface area contributed by atoms with Crippen molar-refractivity contribution < 1.29 is 42.1 Å². The molecule has 2 atom stereocenters. The number of allylic oxidation sites excluding steroid dienone is 4. The van der Waals surface area contributed by atoms with Gasteiger partial charge >= 0.3 is 19.8 Å². The van der Waals surface area contributed by atoms with Crippen molar-refractivity contribution in [2.24, 2.45) is 0 Å². The zero-order chi connectivity index (χ0) is 51.3. The summed E-state index contributed by atoms with van der Waals surface area (Å²) in [5.74, 6) is -0.790. The molecule has 0 aromatic carbocycles. The van der Waals surface area contributed by atoms with Crippen molar-refractivity contribution in [1.29, 1.82) is 0 Å². The molecule has 0 aliphatic carbocycles. The van der Waals surface area contributed by atoms with E-state index in [1.165, 1.54) is 225 Å². The third-order valence-electron chi connectivity index (χ3n) is 13.5. The number of unbranched alkanes of at least 4 members (excludes halogenated alkanes) is 38. The van der Waals surface area contributed by atoms with Gasteiger partial charge in [-0.1, -0.05) is 263 Å². The highest BCUT2D eigenvalue weighted by Gasteiger charge is 2.27. The van der Waals surface area contributed by atoms with E-state index in [2.05, 4.69) is 38.2 Å². The van der Waals surface area contributed by atoms with Crippen LogP contribution in [0.2, 0.25) is 0 Å². The minimum Gasteiger partial charge on any atom is -0.462 e. The van der Waals surface area contributed by atoms with E-state index >= 15 is 0 Å². The fraction of sp³-hybridized carbons (Fsp3) is 0.900. The Labute approximate surface area is 434 Å². The highest BCUT2D eigenvalue weighted by atomic mass is 31.2. The van der Waals surface area contributed by atoms with Crippen molar-refractivity contribution in [2.75, 3.05) is 47.5 Å². The fourth-order valence-corrected chi connectivity index (χ4v) is 9.56. The van der Waals surface area contributed by atoms with Gasteiger partial charge < -0.3 is 18.9 Å². The van der Waals surface area contributed by atoms with Crippen LogP contribution in [0.5, 0.6) is 0 Å². The van der Waals surface area contributed by atoms with E-state index in [-0.39, 0.29) is 25.6 Å². The quantitative estimate of drug-likeness (QED) is 0.0211. The molecule has 0 bridgehead atoms. The topological polar surface area (TPSA) is 108 Å². The first kappa shape index (κ1) is 68.5. The summed E-state index contributed by atoms with van der Waals surface area (Å²) >= 11 is 0. The minimum atomic E-state index is -4.37. The largest absolute Gasteiger partial charge is 0.472 e. The fourth-order valence-electron chi connectivity index (χ4n) is 8.81. The molecule has 2 unspecified atom stereocenters. The highest BCUT2D eigenvalue weighted by molar-refractivity contribution is 7.47. The molecular formula is C60H117NO8P+. The van der Waals surface area contributed by atoms with Crippen LogP contribution in [0, 0.1) is 0 Å². The summed E-state index contributed by atoms with van der Waals surface area (Å²) in [5.41, 5.74) is 0. The second-order valence-corrected chi connectivity index (χ2v) is 23.2. The van der Waals surface area contributed by atoms with Crippen molar-refractivity contribution in [3.63, 3.8) is 0 Å². The first-order valence-electron chi connectivity index (χ1n) is 30.1. The molecule has 0 heterocycles. The van der Waals surface area contributed by atoms with E-state index in [4.69, 9.17) is 18.5 Å². The first-order valence-corrected chi connectivity index (χ1v) is 31.6. The molecule has 0 spiro atoms. The maximum absolute atomic E-state index is 12.7. The van der Waals surface area contributed by atoms with Gasteiger partial charge in [0.05, 0.1) is 27.7 Å². The number of hydrogen-bond acceptors (Lipinski definition) is 7. The number of nitrogens with zero attached hydrogens (tertiary/aromatic N) is 1. The average molecular weight is 1010 g/mol. The van der Waals surface area contributed by atoms with Gasteiger partial charge in [0.25, 0.3) is 0 Å². The molecule has 0 aromatic heterocycles. The molecule has 0 rings (SSSR count). The van der Waals surface area contributed by atoms with Crippen LogP contribution in [0.3, 0.4) is 0 Å². The maximum atomic E-state index is 12.7. The number of quaternary nitrogens is 1. The molecule has 9 nitrogen and oxygen atoms in total. The lowest BCUT2D eigenvalue weighted by atomic mass is 10.0. The number of esters is 2. The molecule has 414 valence electrons. The Hall–Kier alpha value is -1.51. The number of phosphoric acid groups is 1. The summed E-state index contributed by atoms with van der Waals surface area (Å²) < 4.78 is 34.3. The molecular weight excluding hydrogens is 894 g/mol. The Morgan fingerprint density at radius 3 is 1.13 bits per heavy atom. The molecule has 0 aliphatic rings. The third kappa shape index (κ3) is 55.8.